The van der Waals surface area contributed by atoms with Crippen molar-refractivity contribution in [3.63, 3.8) is 0 Å². The van der Waals surface area contributed by atoms with Gasteiger partial charge in [0.25, 0.3) is 0 Å². The predicted octanol–water partition coefficient (Wildman–Crippen LogP) is 2.83. The second-order valence-corrected chi connectivity index (χ2v) is 5.60. The predicted molar refractivity (Wildman–Crippen MR) is 92.2 cm³/mol. The number of carbonyl (C=O) groups excluding carboxylic acids is 1. The second-order valence-electron chi connectivity index (χ2n) is 5.60. The molecule has 2 rings (SSSR count). The van der Waals surface area contributed by atoms with Gasteiger partial charge in [-0.2, -0.15) is 0 Å². The molecular weight excluding hydrogens is 288 g/mol. The molecule has 23 heavy (non-hydrogen) atoms. The van der Waals surface area contributed by atoms with Crippen LogP contribution in [-0.4, -0.2) is 31.5 Å². The summed E-state index contributed by atoms with van der Waals surface area (Å²) in [5, 5.41) is 2.95. The minimum absolute atomic E-state index is 0.0701. The quantitative estimate of drug-likeness (QED) is 0.815. The molecule has 0 saturated carbocycles. The summed E-state index contributed by atoms with van der Waals surface area (Å²) in [6.07, 6.45) is 0.499. The van der Waals surface area contributed by atoms with Crippen molar-refractivity contribution in [2.24, 2.45) is 0 Å². The number of rotatable bonds is 8. The summed E-state index contributed by atoms with van der Waals surface area (Å²) >= 11 is 0. The maximum absolute atomic E-state index is 11.9. The highest BCUT2D eigenvalue weighted by atomic mass is 16.5. The number of hydrogen-bond acceptors (Lipinski definition) is 3. The van der Waals surface area contributed by atoms with E-state index < -0.39 is 0 Å². The van der Waals surface area contributed by atoms with E-state index in [0.29, 0.717) is 13.0 Å². The average molecular weight is 312 g/mol. The molecule has 2 aromatic carbocycles. The van der Waals surface area contributed by atoms with Crippen molar-refractivity contribution >= 4 is 5.91 Å². The van der Waals surface area contributed by atoms with Crippen LogP contribution in [0.1, 0.15) is 17.5 Å². The van der Waals surface area contributed by atoms with Gasteiger partial charge in [-0.3, -0.25) is 4.79 Å². The monoisotopic (exact) mass is 312 g/mol. The van der Waals surface area contributed by atoms with Gasteiger partial charge in [0.2, 0.25) is 5.91 Å². The van der Waals surface area contributed by atoms with Crippen molar-refractivity contribution in [1.82, 2.24) is 10.2 Å². The van der Waals surface area contributed by atoms with Crippen LogP contribution >= 0.6 is 0 Å². The van der Waals surface area contributed by atoms with E-state index >= 15 is 0 Å². The molecule has 0 bridgehead atoms. The summed E-state index contributed by atoms with van der Waals surface area (Å²) in [6.45, 7) is 2.14. The molecule has 0 unspecified atom stereocenters. The van der Waals surface area contributed by atoms with E-state index in [9.17, 15) is 4.79 Å². The lowest BCUT2D eigenvalue weighted by atomic mass is 10.2. The lowest BCUT2D eigenvalue weighted by molar-refractivity contribution is -0.121. The van der Waals surface area contributed by atoms with Crippen LogP contribution < -0.4 is 10.1 Å². The molecule has 0 heterocycles. The Balaban J connectivity index is 1.68. The number of carbonyl (C=O) groups is 1. The summed E-state index contributed by atoms with van der Waals surface area (Å²) in [7, 11) is 3.67. The Bertz CT molecular complexity index is 597. The van der Waals surface area contributed by atoms with Gasteiger partial charge >= 0.3 is 0 Å². The summed E-state index contributed by atoms with van der Waals surface area (Å²) in [5.74, 6) is 0.892. The Morgan fingerprint density at radius 2 is 1.74 bits per heavy atom. The molecule has 0 aliphatic carbocycles. The van der Waals surface area contributed by atoms with Crippen molar-refractivity contribution in [2.75, 3.05) is 20.7 Å². The van der Waals surface area contributed by atoms with E-state index in [4.69, 9.17) is 4.74 Å². The molecule has 1 amide bonds. The normalized spacial score (nSPS) is 10.6. The van der Waals surface area contributed by atoms with Crippen molar-refractivity contribution < 1.29 is 9.53 Å². The standard InChI is InChI=1S/C19H24N2O2/c1-21(15-17-6-4-3-5-7-17)13-12-19(22)20-14-16-8-10-18(23-2)11-9-16/h3-11H,12-15H2,1-2H3,(H,20,22). The van der Waals surface area contributed by atoms with Gasteiger partial charge in [0.15, 0.2) is 0 Å². The van der Waals surface area contributed by atoms with Gasteiger partial charge in [0.1, 0.15) is 5.75 Å². The SMILES string of the molecule is COc1ccc(CNC(=O)CCN(C)Cc2ccccc2)cc1. The zero-order chi connectivity index (χ0) is 16.5. The Hall–Kier alpha value is -2.33. The first kappa shape index (κ1) is 17.0. The molecule has 0 aliphatic heterocycles. The first-order valence-electron chi connectivity index (χ1n) is 7.79. The average Bonchev–Trinajstić information content (AvgIpc) is 2.59. The molecule has 0 radical (unpaired) electrons. The van der Waals surface area contributed by atoms with Gasteiger partial charge in [-0.25, -0.2) is 0 Å². The van der Waals surface area contributed by atoms with Crippen LogP contribution in [0.4, 0.5) is 0 Å². The van der Waals surface area contributed by atoms with E-state index in [1.165, 1.54) is 5.56 Å². The molecule has 0 aromatic heterocycles. The molecule has 0 atom stereocenters. The third kappa shape index (κ3) is 6.12. The van der Waals surface area contributed by atoms with Crippen LogP contribution in [0.15, 0.2) is 54.6 Å². The highest BCUT2D eigenvalue weighted by Gasteiger charge is 2.05. The van der Waals surface area contributed by atoms with Gasteiger partial charge in [-0.1, -0.05) is 42.5 Å². The molecule has 4 heteroatoms. The molecule has 2 aromatic rings. The minimum Gasteiger partial charge on any atom is -0.497 e. The molecule has 0 saturated heterocycles. The maximum atomic E-state index is 11.9. The smallest absolute Gasteiger partial charge is 0.221 e. The van der Waals surface area contributed by atoms with Crippen LogP contribution in [0.3, 0.4) is 0 Å². The Morgan fingerprint density at radius 1 is 1.04 bits per heavy atom. The first-order chi connectivity index (χ1) is 11.2. The Kier molecular flexibility index (Phi) is 6.63. The lowest BCUT2D eigenvalue weighted by Crippen LogP contribution is -2.28. The number of nitrogens with one attached hydrogen (secondary N) is 1. The number of ether oxygens (including phenoxy) is 1. The second kappa shape index (κ2) is 8.96. The Morgan fingerprint density at radius 3 is 2.39 bits per heavy atom. The zero-order valence-corrected chi connectivity index (χ0v) is 13.8. The highest BCUT2D eigenvalue weighted by molar-refractivity contribution is 5.76. The van der Waals surface area contributed by atoms with E-state index in [1.807, 2.05) is 49.5 Å². The third-order valence-corrected chi connectivity index (χ3v) is 3.66. The lowest BCUT2D eigenvalue weighted by Gasteiger charge is -2.16. The molecule has 0 aliphatic rings. The van der Waals surface area contributed by atoms with Gasteiger partial charge in [0.05, 0.1) is 7.11 Å². The fraction of sp³-hybridized carbons (Fsp3) is 0.316. The topological polar surface area (TPSA) is 41.6 Å². The molecule has 4 nitrogen and oxygen atoms in total. The van der Waals surface area contributed by atoms with Gasteiger partial charge in [-0.05, 0) is 30.3 Å². The molecule has 0 spiro atoms. The van der Waals surface area contributed by atoms with Crippen LogP contribution in [0.5, 0.6) is 5.75 Å². The largest absolute Gasteiger partial charge is 0.497 e. The van der Waals surface area contributed by atoms with Crippen LogP contribution in [0.2, 0.25) is 0 Å². The summed E-state index contributed by atoms with van der Waals surface area (Å²) in [6, 6.07) is 18.0. The van der Waals surface area contributed by atoms with E-state index in [2.05, 4.69) is 22.3 Å². The van der Waals surface area contributed by atoms with E-state index in [1.54, 1.807) is 7.11 Å². The van der Waals surface area contributed by atoms with Crippen LogP contribution in [-0.2, 0) is 17.9 Å². The highest BCUT2D eigenvalue weighted by Crippen LogP contribution is 2.11. The van der Waals surface area contributed by atoms with Crippen molar-refractivity contribution in [1.29, 1.82) is 0 Å². The van der Waals surface area contributed by atoms with Gasteiger partial charge < -0.3 is 15.0 Å². The molecule has 122 valence electrons. The van der Waals surface area contributed by atoms with Crippen molar-refractivity contribution in [3.8, 4) is 5.75 Å². The molecular formula is C19H24N2O2. The first-order valence-corrected chi connectivity index (χ1v) is 7.79. The van der Waals surface area contributed by atoms with E-state index in [-0.39, 0.29) is 5.91 Å². The van der Waals surface area contributed by atoms with E-state index in [0.717, 1.165) is 24.4 Å². The third-order valence-electron chi connectivity index (χ3n) is 3.66. The fourth-order valence-electron chi connectivity index (χ4n) is 2.30. The minimum atomic E-state index is 0.0701. The number of hydrogen-bond donors (Lipinski definition) is 1. The Labute approximate surface area is 138 Å². The van der Waals surface area contributed by atoms with Crippen molar-refractivity contribution in [3.05, 3.63) is 65.7 Å². The number of methoxy groups -OCH3 is 1. The number of amides is 1. The van der Waals surface area contributed by atoms with Crippen LogP contribution in [0, 0.1) is 0 Å². The van der Waals surface area contributed by atoms with Crippen molar-refractivity contribution in [2.45, 2.75) is 19.5 Å². The molecule has 1 N–H and O–H groups in total. The summed E-state index contributed by atoms with van der Waals surface area (Å²) in [4.78, 5) is 14.1. The number of benzene rings is 2. The number of nitrogens with zero attached hydrogens (tertiary/aromatic N) is 1. The van der Waals surface area contributed by atoms with Crippen LogP contribution in [0.25, 0.3) is 0 Å². The van der Waals surface area contributed by atoms with Gasteiger partial charge in [0, 0.05) is 26.1 Å². The van der Waals surface area contributed by atoms with Gasteiger partial charge in [-0.15, -0.1) is 0 Å². The maximum Gasteiger partial charge on any atom is 0.221 e. The summed E-state index contributed by atoms with van der Waals surface area (Å²) < 4.78 is 5.12. The summed E-state index contributed by atoms with van der Waals surface area (Å²) in [5.41, 5.74) is 2.32. The molecule has 0 fully saturated rings. The fourth-order valence-corrected chi connectivity index (χ4v) is 2.30. The zero-order valence-electron chi connectivity index (χ0n) is 13.8.